The van der Waals surface area contributed by atoms with Gasteiger partial charge < -0.3 is 48.1 Å². The Balaban J connectivity index is 1.83. The first-order valence-corrected chi connectivity index (χ1v) is 11.7. The monoisotopic (exact) mass is 534 g/mol. The predicted molar refractivity (Wildman–Crippen MR) is 136 cm³/mol. The number of carboxylic acid groups (broad SMARTS) is 1. The zero-order valence-electron chi connectivity index (χ0n) is 22.3. The summed E-state index contributed by atoms with van der Waals surface area (Å²) in [6.07, 6.45) is -1.50. The number of hydrogen-bond donors (Lipinski definition) is 2. The highest BCUT2D eigenvalue weighted by Crippen LogP contribution is 2.40. The Kier molecular flexibility index (Phi) is 10.1. The number of aliphatic hydroxyl groups is 1. The summed E-state index contributed by atoms with van der Waals surface area (Å²) in [5.41, 5.74) is 1.44. The van der Waals surface area contributed by atoms with Crippen LogP contribution in [0.15, 0.2) is 35.9 Å². The lowest BCUT2D eigenvalue weighted by Gasteiger charge is -2.34. The minimum Gasteiger partial charge on any atom is -0.493 e. The Morgan fingerprint density at radius 3 is 1.53 bits per heavy atom. The molecule has 0 bridgehead atoms. The van der Waals surface area contributed by atoms with Crippen molar-refractivity contribution in [2.45, 2.75) is 37.9 Å². The number of carboxylic acids is 1. The molecular formula is C27H34O11. The summed E-state index contributed by atoms with van der Waals surface area (Å²) >= 11 is 0. The molecule has 208 valence electrons. The number of hydrogen-bond acceptors (Lipinski definition) is 10. The van der Waals surface area contributed by atoms with Crippen LogP contribution in [0.25, 0.3) is 0 Å². The van der Waals surface area contributed by atoms with Crippen LogP contribution in [-0.4, -0.2) is 77.2 Å². The molecule has 0 saturated heterocycles. The lowest BCUT2D eigenvalue weighted by Crippen LogP contribution is -2.44. The third-order valence-electron chi connectivity index (χ3n) is 6.13. The minimum absolute atomic E-state index is 0.0384. The van der Waals surface area contributed by atoms with Crippen LogP contribution >= 0.6 is 0 Å². The van der Waals surface area contributed by atoms with Gasteiger partial charge in [-0.05, 0) is 41.5 Å². The van der Waals surface area contributed by atoms with E-state index in [0.717, 1.165) is 0 Å². The Morgan fingerprint density at radius 1 is 0.737 bits per heavy atom. The number of benzene rings is 2. The van der Waals surface area contributed by atoms with Crippen molar-refractivity contribution in [3.05, 3.63) is 47.0 Å². The zero-order valence-corrected chi connectivity index (χ0v) is 22.3. The summed E-state index contributed by atoms with van der Waals surface area (Å²) in [7, 11) is 9.07. The summed E-state index contributed by atoms with van der Waals surface area (Å²) in [4.78, 5) is 11.7. The van der Waals surface area contributed by atoms with Crippen molar-refractivity contribution in [2.75, 3.05) is 42.7 Å². The number of rotatable bonds is 13. The first kappa shape index (κ1) is 28.9. The highest BCUT2D eigenvalue weighted by atomic mass is 16.6. The third kappa shape index (κ3) is 6.42. The fraction of sp³-hybridized carbons (Fsp3) is 0.444. The Bertz CT molecular complexity index is 1090. The van der Waals surface area contributed by atoms with Crippen molar-refractivity contribution in [1.29, 1.82) is 0 Å². The van der Waals surface area contributed by atoms with Gasteiger partial charge in [0, 0.05) is 12.0 Å². The quantitative estimate of drug-likeness (QED) is 0.393. The Labute approximate surface area is 221 Å². The summed E-state index contributed by atoms with van der Waals surface area (Å²) in [6.45, 7) is 0.143. The highest BCUT2D eigenvalue weighted by molar-refractivity contribution is 5.87. The molecule has 11 nitrogen and oxygen atoms in total. The van der Waals surface area contributed by atoms with Crippen molar-refractivity contribution in [3.8, 4) is 34.5 Å². The third-order valence-corrected chi connectivity index (χ3v) is 6.13. The molecule has 2 aromatic rings. The van der Waals surface area contributed by atoms with Crippen LogP contribution in [0.3, 0.4) is 0 Å². The molecule has 0 radical (unpaired) electrons. The summed E-state index contributed by atoms with van der Waals surface area (Å²) in [5.74, 6) is 1.57. The van der Waals surface area contributed by atoms with Gasteiger partial charge in [0.05, 0.1) is 62.0 Å². The lowest BCUT2D eigenvalue weighted by atomic mass is 9.91. The molecule has 0 unspecified atom stereocenters. The molecule has 0 aliphatic heterocycles. The van der Waals surface area contributed by atoms with Crippen molar-refractivity contribution < 1.29 is 52.9 Å². The maximum Gasteiger partial charge on any atom is 0.331 e. The van der Waals surface area contributed by atoms with Crippen LogP contribution in [0.2, 0.25) is 0 Å². The van der Waals surface area contributed by atoms with Crippen LogP contribution in [0, 0.1) is 0 Å². The summed E-state index contributed by atoms with van der Waals surface area (Å²) in [5, 5.41) is 20.3. The van der Waals surface area contributed by atoms with E-state index >= 15 is 0 Å². The van der Waals surface area contributed by atoms with Crippen LogP contribution in [-0.2, 0) is 27.5 Å². The molecule has 0 amide bonds. The molecule has 2 aromatic carbocycles. The van der Waals surface area contributed by atoms with E-state index in [1.54, 1.807) is 24.3 Å². The molecular weight excluding hydrogens is 500 g/mol. The van der Waals surface area contributed by atoms with Crippen LogP contribution < -0.4 is 28.4 Å². The van der Waals surface area contributed by atoms with Gasteiger partial charge in [-0.1, -0.05) is 0 Å². The number of aliphatic carboxylic acids is 1. The van der Waals surface area contributed by atoms with Gasteiger partial charge in [-0.15, -0.1) is 0 Å². The molecule has 0 aromatic heterocycles. The molecule has 0 fully saturated rings. The normalized spacial score (nSPS) is 18.8. The summed E-state index contributed by atoms with van der Waals surface area (Å²) in [6, 6.07) is 6.95. The molecule has 1 aliphatic carbocycles. The van der Waals surface area contributed by atoms with E-state index in [1.165, 1.54) is 48.7 Å². The van der Waals surface area contributed by atoms with Gasteiger partial charge in [-0.25, -0.2) is 4.79 Å². The van der Waals surface area contributed by atoms with Gasteiger partial charge in [-0.3, -0.25) is 0 Å². The van der Waals surface area contributed by atoms with E-state index in [2.05, 4.69) is 0 Å². The molecule has 0 spiro atoms. The molecule has 2 N–H and O–H groups in total. The van der Waals surface area contributed by atoms with E-state index in [0.29, 0.717) is 45.6 Å². The predicted octanol–water partition coefficient (Wildman–Crippen LogP) is 2.98. The molecule has 1 aliphatic rings. The molecule has 0 heterocycles. The molecule has 38 heavy (non-hydrogen) atoms. The SMILES string of the molecule is COc1cc(CO[C@@H]2[C@H](O)C=C(C(=O)O)C[C@H]2OCc2cc(OC)c(OC)c(OC)c2)cc(OC)c1OC. The number of methoxy groups -OCH3 is 6. The van der Waals surface area contributed by atoms with Gasteiger partial charge in [0.25, 0.3) is 0 Å². The van der Waals surface area contributed by atoms with Crippen molar-refractivity contribution in [2.24, 2.45) is 0 Å². The zero-order chi connectivity index (χ0) is 27.8. The van der Waals surface area contributed by atoms with Gasteiger partial charge in [0.1, 0.15) is 12.2 Å². The first-order valence-electron chi connectivity index (χ1n) is 11.7. The number of carbonyl (C=O) groups is 1. The van der Waals surface area contributed by atoms with Gasteiger partial charge in [0.2, 0.25) is 11.5 Å². The topological polar surface area (TPSA) is 131 Å². The van der Waals surface area contributed by atoms with Gasteiger partial charge >= 0.3 is 5.97 Å². The number of aliphatic hydroxyl groups excluding tert-OH is 1. The van der Waals surface area contributed by atoms with Crippen molar-refractivity contribution in [3.63, 3.8) is 0 Å². The molecule has 3 atom stereocenters. The van der Waals surface area contributed by atoms with E-state index < -0.39 is 24.3 Å². The first-order chi connectivity index (χ1) is 18.3. The van der Waals surface area contributed by atoms with Crippen molar-refractivity contribution in [1.82, 2.24) is 0 Å². The molecule has 0 saturated carbocycles. The van der Waals surface area contributed by atoms with Crippen molar-refractivity contribution >= 4 is 5.97 Å². The minimum atomic E-state index is -1.21. The Hall–Kier alpha value is -3.67. The maximum atomic E-state index is 11.7. The second kappa shape index (κ2) is 13.2. The maximum absolute atomic E-state index is 11.7. The van der Waals surface area contributed by atoms with E-state index in [-0.39, 0.29) is 25.2 Å². The Morgan fingerprint density at radius 2 is 1.16 bits per heavy atom. The second-order valence-electron chi connectivity index (χ2n) is 8.38. The average Bonchev–Trinajstić information content (AvgIpc) is 2.93. The average molecular weight is 535 g/mol. The molecule has 3 rings (SSSR count). The fourth-order valence-corrected chi connectivity index (χ4v) is 4.27. The molecule has 11 heteroatoms. The highest BCUT2D eigenvalue weighted by Gasteiger charge is 2.36. The fourth-order valence-electron chi connectivity index (χ4n) is 4.27. The van der Waals surface area contributed by atoms with E-state index in [1.807, 2.05) is 0 Å². The van der Waals surface area contributed by atoms with Crippen LogP contribution in [0.4, 0.5) is 0 Å². The largest absolute Gasteiger partial charge is 0.493 e. The lowest BCUT2D eigenvalue weighted by molar-refractivity contribution is -0.140. The van der Waals surface area contributed by atoms with Gasteiger partial charge in [-0.2, -0.15) is 0 Å². The summed E-state index contributed by atoms with van der Waals surface area (Å²) < 4.78 is 44.5. The van der Waals surface area contributed by atoms with Crippen LogP contribution in [0.5, 0.6) is 34.5 Å². The van der Waals surface area contributed by atoms with E-state index in [9.17, 15) is 15.0 Å². The van der Waals surface area contributed by atoms with Gasteiger partial charge in [0.15, 0.2) is 23.0 Å². The second-order valence-corrected chi connectivity index (χ2v) is 8.38. The number of ether oxygens (including phenoxy) is 8. The smallest absolute Gasteiger partial charge is 0.331 e. The van der Waals surface area contributed by atoms with E-state index in [4.69, 9.17) is 37.9 Å². The van der Waals surface area contributed by atoms with Crippen LogP contribution in [0.1, 0.15) is 17.5 Å². The standard InChI is InChI=1S/C27H34O11/c1-31-19-7-15(8-20(32-2)25(19)35-5)13-37-23-12-17(27(29)30)11-18(28)24(23)38-14-16-9-21(33-3)26(36-6)22(10-16)34-4/h7-11,18,23-24,28H,12-14H2,1-6H3,(H,29,30)/t18-,23-,24-/m1/s1.